The number of nitrogens with one attached hydrogen (secondary N) is 1. The van der Waals surface area contributed by atoms with E-state index in [0.29, 0.717) is 25.9 Å². The van der Waals surface area contributed by atoms with Crippen molar-refractivity contribution in [3.8, 4) is 0 Å². The number of nitrogens with zero attached hydrogens (tertiary/aromatic N) is 1. The number of rotatable bonds is 2. The van der Waals surface area contributed by atoms with Gasteiger partial charge >= 0.3 is 6.03 Å². The second-order valence-corrected chi connectivity index (χ2v) is 4.47. The third-order valence-electron chi connectivity index (χ3n) is 3.20. The molecule has 4 nitrogen and oxygen atoms in total. The highest BCUT2D eigenvalue weighted by Crippen LogP contribution is 2.22. The second kappa shape index (κ2) is 5.38. The Labute approximate surface area is 108 Å². The second-order valence-electron chi connectivity index (χ2n) is 4.47. The zero-order valence-electron chi connectivity index (χ0n) is 10.1. The maximum absolute atomic E-state index is 13.5. The number of hydrogen-bond acceptors (Lipinski definition) is 2. The van der Waals surface area contributed by atoms with Gasteiger partial charge in [0.2, 0.25) is 0 Å². The van der Waals surface area contributed by atoms with Crippen LogP contribution in [-0.4, -0.2) is 30.1 Å². The fraction of sp³-hybridized carbons (Fsp3) is 0.417. The monoisotopic (exact) mass is 273 g/mol. The molecule has 0 radical (unpaired) electrons. The molecule has 0 unspecified atom stereocenters. The van der Waals surface area contributed by atoms with Crippen LogP contribution < -0.4 is 11.1 Å². The molecular weight excluding hydrogens is 259 g/mol. The molecule has 3 N–H and O–H groups in total. The van der Waals surface area contributed by atoms with Crippen molar-refractivity contribution in [1.82, 2.24) is 4.90 Å². The number of anilines is 1. The van der Waals surface area contributed by atoms with Crippen molar-refractivity contribution in [2.24, 2.45) is 5.73 Å². The average molecular weight is 273 g/mol. The van der Waals surface area contributed by atoms with Gasteiger partial charge in [-0.1, -0.05) is 0 Å². The third-order valence-corrected chi connectivity index (χ3v) is 3.20. The summed E-state index contributed by atoms with van der Waals surface area (Å²) in [5.74, 6) is -3.93. The smallest absolute Gasteiger partial charge is 0.314 e. The van der Waals surface area contributed by atoms with Gasteiger partial charge in [0.1, 0.15) is 0 Å². The zero-order valence-corrected chi connectivity index (χ0v) is 10.1. The standard InChI is InChI=1S/C12H14F3N3O/c13-8-1-2-9(11(15)10(8)14)17-7-3-5-18(6-4-7)12(16)19/h1-2,7,17H,3-6H2,(H2,16,19). The summed E-state index contributed by atoms with van der Waals surface area (Å²) in [4.78, 5) is 12.4. The molecule has 0 spiro atoms. The van der Waals surface area contributed by atoms with Crippen LogP contribution in [0.3, 0.4) is 0 Å². The molecule has 104 valence electrons. The van der Waals surface area contributed by atoms with Crippen LogP contribution in [0.5, 0.6) is 0 Å². The maximum Gasteiger partial charge on any atom is 0.314 e. The van der Waals surface area contributed by atoms with Crippen molar-refractivity contribution in [3.05, 3.63) is 29.6 Å². The lowest BCUT2D eigenvalue weighted by molar-refractivity contribution is 0.193. The van der Waals surface area contributed by atoms with Gasteiger partial charge in [0.25, 0.3) is 0 Å². The molecule has 1 aromatic rings. The summed E-state index contributed by atoms with van der Waals surface area (Å²) in [5, 5.41) is 2.82. The Morgan fingerprint density at radius 2 is 1.84 bits per heavy atom. The van der Waals surface area contributed by atoms with E-state index in [1.807, 2.05) is 0 Å². The number of carbonyl (C=O) groups is 1. The Bertz CT molecular complexity index is 487. The van der Waals surface area contributed by atoms with Crippen LogP contribution in [0.15, 0.2) is 12.1 Å². The molecule has 0 saturated carbocycles. The third kappa shape index (κ3) is 2.91. The quantitative estimate of drug-likeness (QED) is 0.810. The van der Waals surface area contributed by atoms with Gasteiger partial charge in [0.05, 0.1) is 5.69 Å². The minimum atomic E-state index is -1.49. The highest BCUT2D eigenvalue weighted by molar-refractivity contribution is 5.72. The van der Waals surface area contributed by atoms with E-state index in [2.05, 4.69) is 5.32 Å². The number of hydrogen-bond donors (Lipinski definition) is 2. The predicted octanol–water partition coefficient (Wildman–Crippen LogP) is 2.06. The van der Waals surface area contributed by atoms with Gasteiger partial charge in [0, 0.05) is 19.1 Å². The van der Waals surface area contributed by atoms with Crippen molar-refractivity contribution in [1.29, 1.82) is 0 Å². The SMILES string of the molecule is NC(=O)N1CCC(Nc2ccc(F)c(F)c2F)CC1. The van der Waals surface area contributed by atoms with Gasteiger partial charge in [0.15, 0.2) is 17.5 Å². The lowest BCUT2D eigenvalue weighted by atomic mass is 10.0. The molecule has 19 heavy (non-hydrogen) atoms. The minimum absolute atomic E-state index is 0.0728. The molecule has 1 heterocycles. The van der Waals surface area contributed by atoms with Gasteiger partial charge in [-0.3, -0.25) is 0 Å². The Morgan fingerprint density at radius 1 is 1.21 bits per heavy atom. The first-order valence-corrected chi connectivity index (χ1v) is 5.93. The topological polar surface area (TPSA) is 58.4 Å². The highest BCUT2D eigenvalue weighted by Gasteiger charge is 2.22. The van der Waals surface area contributed by atoms with E-state index >= 15 is 0 Å². The largest absolute Gasteiger partial charge is 0.380 e. The van der Waals surface area contributed by atoms with Gasteiger partial charge < -0.3 is 16.0 Å². The molecule has 1 saturated heterocycles. The lowest BCUT2D eigenvalue weighted by Gasteiger charge is -2.31. The normalized spacial score (nSPS) is 16.5. The van der Waals surface area contributed by atoms with E-state index in [1.165, 1.54) is 4.90 Å². The zero-order chi connectivity index (χ0) is 14.0. The summed E-state index contributed by atoms with van der Waals surface area (Å²) in [6.07, 6.45) is 1.14. The summed E-state index contributed by atoms with van der Waals surface area (Å²) >= 11 is 0. The maximum atomic E-state index is 13.5. The van der Waals surface area contributed by atoms with Crippen LogP contribution in [0.4, 0.5) is 23.7 Å². The molecule has 1 aromatic carbocycles. The van der Waals surface area contributed by atoms with Crippen molar-refractivity contribution >= 4 is 11.7 Å². The molecule has 1 aliphatic heterocycles. The lowest BCUT2D eigenvalue weighted by Crippen LogP contribution is -2.44. The number of carbonyl (C=O) groups excluding carboxylic acids is 1. The van der Waals surface area contributed by atoms with Crippen LogP contribution in [0.2, 0.25) is 0 Å². The summed E-state index contributed by atoms with van der Waals surface area (Å²) in [6.45, 7) is 0.913. The van der Waals surface area contributed by atoms with Crippen LogP contribution in [0, 0.1) is 17.5 Å². The highest BCUT2D eigenvalue weighted by atomic mass is 19.2. The van der Waals surface area contributed by atoms with Crippen LogP contribution in [0.1, 0.15) is 12.8 Å². The molecule has 2 amide bonds. The molecule has 1 fully saturated rings. The predicted molar refractivity (Wildman–Crippen MR) is 64.1 cm³/mol. The Balaban J connectivity index is 2.00. The Morgan fingerprint density at radius 3 is 2.42 bits per heavy atom. The number of halogens is 3. The number of likely N-dealkylation sites (tertiary alicyclic amines) is 1. The fourth-order valence-electron chi connectivity index (χ4n) is 2.10. The molecular formula is C12H14F3N3O. The summed E-state index contributed by atoms with van der Waals surface area (Å²) in [7, 11) is 0. The summed E-state index contributed by atoms with van der Waals surface area (Å²) < 4.78 is 39.3. The van der Waals surface area contributed by atoms with E-state index in [9.17, 15) is 18.0 Å². The minimum Gasteiger partial charge on any atom is -0.380 e. The number of primary amides is 1. The van der Waals surface area contributed by atoms with Gasteiger partial charge in [-0.15, -0.1) is 0 Å². The van der Waals surface area contributed by atoms with Crippen LogP contribution >= 0.6 is 0 Å². The summed E-state index contributed by atoms with van der Waals surface area (Å²) in [5.41, 5.74) is 5.07. The molecule has 1 aliphatic rings. The van der Waals surface area contributed by atoms with Gasteiger partial charge in [-0.25, -0.2) is 18.0 Å². The van der Waals surface area contributed by atoms with Crippen molar-refractivity contribution in [2.45, 2.75) is 18.9 Å². The van der Waals surface area contributed by atoms with Gasteiger partial charge in [-0.05, 0) is 25.0 Å². The molecule has 0 aromatic heterocycles. The molecule has 0 aliphatic carbocycles. The molecule has 0 atom stereocenters. The van der Waals surface area contributed by atoms with E-state index in [0.717, 1.165) is 12.1 Å². The first-order chi connectivity index (χ1) is 8.99. The summed E-state index contributed by atoms with van der Waals surface area (Å²) in [6, 6.07) is 1.44. The van der Waals surface area contributed by atoms with Crippen LogP contribution in [-0.2, 0) is 0 Å². The number of benzene rings is 1. The number of piperidine rings is 1. The Kier molecular flexibility index (Phi) is 3.82. The average Bonchev–Trinajstić information content (AvgIpc) is 2.40. The van der Waals surface area contributed by atoms with Crippen molar-refractivity contribution in [2.75, 3.05) is 18.4 Å². The Hall–Kier alpha value is -1.92. The molecule has 7 heteroatoms. The molecule has 0 bridgehead atoms. The van der Waals surface area contributed by atoms with E-state index in [-0.39, 0.29) is 11.7 Å². The number of urea groups is 1. The fourth-order valence-corrected chi connectivity index (χ4v) is 2.10. The number of amides is 2. The van der Waals surface area contributed by atoms with E-state index < -0.39 is 23.5 Å². The number of nitrogens with two attached hydrogens (primary N) is 1. The van der Waals surface area contributed by atoms with Crippen LogP contribution in [0.25, 0.3) is 0 Å². The van der Waals surface area contributed by atoms with Crippen molar-refractivity contribution in [3.63, 3.8) is 0 Å². The van der Waals surface area contributed by atoms with E-state index in [1.54, 1.807) is 0 Å². The first-order valence-electron chi connectivity index (χ1n) is 5.93. The van der Waals surface area contributed by atoms with E-state index in [4.69, 9.17) is 5.73 Å². The van der Waals surface area contributed by atoms with Gasteiger partial charge in [-0.2, -0.15) is 0 Å². The molecule has 2 rings (SSSR count). The van der Waals surface area contributed by atoms with Crippen molar-refractivity contribution < 1.29 is 18.0 Å². The first kappa shape index (κ1) is 13.5.